The third-order valence-electron chi connectivity index (χ3n) is 2.89. The van der Waals surface area contributed by atoms with E-state index in [0.29, 0.717) is 18.0 Å². The molecule has 104 valence electrons. The molecule has 0 bridgehead atoms. The van der Waals surface area contributed by atoms with E-state index in [4.69, 9.17) is 0 Å². The lowest BCUT2D eigenvalue weighted by molar-refractivity contribution is 0.433. The van der Waals surface area contributed by atoms with Crippen molar-refractivity contribution < 1.29 is 8.42 Å². The van der Waals surface area contributed by atoms with Crippen molar-refractivity contribution >= 4 is 21.4 Å². The van der Waals surface area contributed by atoms with Gasteiger partial charge in [0.25, 0.3) is 0 Å². The number of thiophene rings is 1. The zero-order valence-electron chi connectivity index (χ0n) is 11.2. The van der Waals surface area contributed by atoms with Crippen LogP contribution in [0.15, 0.2) is 29.4 Å². The maximum Gasteiger partial charge on any atom is 0.243 e. The molecule has 19 heavy (non-hydrogen) atoms. The Morgan fingerprint density at radius 2 is 2.16 bits per heavy atom. The van der Waals surface area contributed by atoms with Crippen molar-refractivity contribution in [2.75, 3.05) is 13.6 Å². The molecule has 2 aromatic rings. The minimum atomic E-state index is -3.40. The molecule has 0 aliphatic rings. The molecule has 2 rings (SSSR count). The lowest BCUT2D eigenvalue weighted by Gasteiger charge is -2.16. The van der Waals surface area contributed by atoms with E-state index in [-0.39, 0.29) is 0 Å². The first-order chi connectivity index (χ1) is 8.91. The number of aromatic nitrogens is 2. The van der Waals surface area contributed by atoms with E-state index in [0.717, 1.165) is 9.75 Å². The summed E-state index contributed by atoms with van der Waals surface area (Å²) in [4.78, 5) is 2.26. The van der Waals surface area contributed by atoms with Crippen LogP contribution in [0, 0.1) is 13.8 Å². The first-order valence-corrected chi connectivity index (χ1v) is 8.17. The fraction of sp³-hybridized carbons (Fsp3) is 0.417. The fourth-order valence-corrected chi connectivity index (χ4v) is 4.51. The van der Waals surface area contributed by atoms with Gasteiger partial charge >= 0.3 is 0 Å². The summed E-state index contributed by atoms with van der Waals surface area (Å²) in [5.74, 6) is 0. The topological polar surface area (TPSA) is 55.2 Å². The van der Waals surface area contributed by atoms with Crippen LogP contribution in [0.1, 0.15) is 9.75 Å². The fourth-order valence-electron chi connectivity index (χ4n) is 1.83. The van der Waals surface area contributed by atoms with Crippen LogP contribution in [-0.4, -0.2) is 36.1 Å². The zero-order valence-corrected chi connectivity index (χ0v) is 12.8. The Hall–Kier alpha value is -1.18. The summed E-state index contributed by atoms with van der Waals surface area (Å²) in [6.45, 7) is 4.70. The number of hydrogen-bond donors (Lipinski definition) is 0. The molecule has 0 N–H and O–H groups in total. The summed E-state index contributed by atoms with van der Waals surface area (Å²) < 4.78 is 28.0. The van der Waals surface area contributed by atoms with E-state index in [1.165, 1.54) is 15.6 Å². The number of sulfonamides is 1. The Morgan fingerprint density at radius 1 is 1.42 bits per heavy atom. The third-order valence-corrected chi connectivity index (χ3v) is 5.97. The van der Waals surface area contributed by atoms with Crippen LogP contribution in [0.3, 0.4) is 0 Å². The van der Waals surface area contributed by atoms with Gasteiger partial charge in [-0.05, 0) is 26.0 Å². The maximum atomic E-state index is 12.4. The summed E-state index contributed by atoms with van der Waals surface area (Å²) in [6.07, 6.45) is 3.50. The molecule has 0 unspecified atom stereocenters. The average molecular weight is 299 g/mol. The highest BCUT2D eigenvalue weighted by atomic mass is 32.2. The molecule has 0 aliphatic carbocycles. The van der Waals surface area contributed by atoms with Crippen molar-refractivity contribution in [1.29, 1.82) is 0 Å². The van der Waals surface area contributed by atoms with E-state index in [1.54, 1.807) is 24.0 Å². The van der Waals surface area contributed by atoms with Crippen molar-refractivity contribution in [3.8, 4) is 0 Å². The van der Waals surface area contributed by atoms with Crippen molar-refractivity contribution in [3.05, 3.63) is 34.3 Å². The normalized spacial score (nSPS) is 12.2. The Morgan fingerprint density at radius 3 is 2.68 bits per heavy atom. The maximum absolute atomic E-state index is 12.4. The zero-order chi connectivity index (χ0) is 14.0. The quantitative estimate of drug-likeness (QED) is 0.847. The van der Waals surface area contributed by atoms with Crippen molar-refractivity contribution in [3.63, 3.8) is 0 Å². The largest absolute Gasteiger partial charge is 0.271 e. The van der Waals surface area contributed by atoms with Gasteiger partial charge in [0.15, 0.2) is 0 Å². The summed E-state index contributed by atoms with van der Waals surface area (Å²) in [5.41, 5.74) is 0. The lowest BCUT2D eigenvalue weighted by Crippen LogP contribution is -2.30. The van der Waals surface area contributed by atoms with E-state index >= 15 is 0 Å². The molecule has 5 nitrogen and oxygen atoms in total. The number of hydrogen-bond acceptors (Lipinski definition) is 4. The molecule has 0 amide bonds. The third kappa shape index (κ3) is 3.05. The monoisotopic (exact) mass is 299 g/mol. The Labute approximate surface area is 117 Å². The summed E-state index contributed by atoms with van der Waals surface area (Å²) in [5, 5.41) is 4.06. The molecule has 0 aliphatic heterocycles. The predicted molar refractivity (Wildman–Crippen MR) is 75.8 cm³/mol. The van der Waals surface area contributed by atoms with Gasteiger partial charge in [0, 0.05) is 35.7 Å². The summed E-state index contributed by atoms with van der Waals surface area (Å²) in [6, 6.07) is 3.56. The number of aryl methyl sites for hydroxylation is 2. The number of rotatable bonds is 5. The molecule has 0 aromatic carbocycles. The van der Waals surface area contributed by atoms with E-state index in [9.17, 15) is 8.42 Å². The number of likely N-dealkylation sites (N-methyl/N-ethyl adjacent to an activating group) is 1. The highest BCUT2D eigenvalue weighted by Gasteiger charge is 2.24. The summed E-state index contributed by atoms with van der Waals surface area (Å²) >= 11 is 1.51. The molecule has 0 saturated carbocycles. The molecule has 0 fully saturated rings. The molecular weight excluding hydrogens is 282 g/mol. The van der Waals surface area contributed by atoms with Gasteiger partial charge in [-0.1, -0.05) is 0 Å². The average Bonchev–Trinajstić information content (AvgIpc) is 2.95. The first-order valence-electron chi connectivity index (χ1n) is 5.92. The van der Waals surface area contributed by atoms with E-state index in [2.05, 4.69) is 5.10 Å². The second-order valence-corrected chi connectivity index (χ2v) is 7.85. The number of nitrogens with zero attached hydrogens (tertiary/aromatic N) is 3. The second-order valence-electron chi connectivity index (χ2n) is 4.37. The van der Waals surface area contributed by atoms with Crippen molar-refractivity contribution in [2.24, 2.45) is 0 Å². The standard InChI is InChI=1S/C12H17N3O2S2/c1-10-9-12(11(2)18-10)19(16,17)14(3)7-8-15-6-4-5-13-15/h4-6,9H,7-8H2,1-3H3. The molecule has 0 saturated heterocycles. The predicted octanol–water partition coefficient (Wildman–Crippen LogP) is 1.88. The van der Waals surface area contributed by atoms with Gasteiger partial charge in [-0.25, -0.2) is 8.42 Å². The molecule has 0 atom stereocenters. The van der Waals surface area contributed by atoms with Crippen molar-refractivity contribution in [2.45, 2.75) is 25.3 Å². The van der Waals surface area contributed by atoms with Crippen LogP contribution < -0.4 is 0 Å². The minimum absolute atomic E-state index is 0.401. The smallest absolute Gasteiger partial charge is 0.243 e. The molecule has 2 heterocycles. The van der Waals surface area contributed by atoms with Crippen LogP contribution in [0.25, 0.3) is 0 Å². The van der Waals surface area contributed by atoms with E-state index in [1.807, 2.05) is 26.1 Å². The Balaban J connectivity index is 2.13. The van der Waals surface area contributed by atoms with Gasteiger partial charge in [0.2, 0.25) is 10.0 Å². The molecule has 0 radical (unpaired) electrons. The second kappa shape index (κ2) is 5.44. The molecule has 7 heteroatoms. The Bertz CT molecular complexity index is 645. The van der Waals surface area contributed by atoms with Gasteiger partial charge < -0.3 is 0 Å². The van der Waals surface area contributed by atoms with Gasteiger partial charge in [0.1, 0.15) is 0 Å². The molecule has 0 spiro atoms. The van der Waals surface area contributed by atoms with Gasteiger partial charge in [-0.15, -0.1) is 11.3 Å². The SMILES string of the molecule is Cc1cc(S(=O)(=O)N(C)CCn2cccn2)c(C)s1. The van der Waals surface area contributed by atoms with Crippen LogP contribution in [0.5, 0.6) is 0 Å². The lowest BCUT2D eigenvalue weighted by atomic mass is 10.4. The molecule has 2 aromatic heterocycles. The highest BCUT2D eigenvalue weighted by Crippen LogP contribution is 2.26. The van der Waals surface area contributed by atoms with E-state index < -0.39 is 10.0 Å². The minimum Gasteiger partial charge on any atom is -0.271 e. The summed E-state index contributed by atoms with van der Waals surface area (Å²) in [7, 11) is -1.80. The van der Waals surface area contributed by atoms with Crippen LogP contribution in [-0.2, 0) is 16.6 Å². The molecular formula is C12H17N3O2S2. The van der Waals surface area contributed by atoms with Crippen LogP contribution >= 0.6 is 11.3 Å². The van der Waals surface area contributed by atoms with Gasteiger partial charge in [-0.2, -0.15) is 9.40 Å². The van der Waals surface area contributed by atoms with Crippen LogP contribution in [0.2, 0.25) is 0 Å². The van der Waals surface area contributed by atoms with Crippen LogP contribution in [0.4, 0.5) is 0 Å². The van der Waals surface area contributed by atoms with Gasteiger partial charge in [-0.3, -0.25) is 4.68 Å². The van der Waals surface area contributed by atoms with Crippen molar-refractivity contribution in [1.82, 2.24) is 14.1 Å². The Kier molecular flexibility index (Phi) is 4.07. The van der Waals surface area contributed by atoms with Gasteiger partial charge in [0.05, 0.1) is 11.4 Å². The first kappa shape index (κ1) is 14.2. The highest BCUT2D eigenvalue weighted by molar-refractivity contribution is 7.89.